The van der Waals surface area contributed by atoms with Crippen LogP contribution in [0.4, 0.5) is 0 Å². The third-order valence-corrected chi connectivity index (χ3v) is 5.88. The van der Waals surface area contributed by atoms with E-state index in [1.807, 2.05) is 59.2 Å². The summed E-state index contributed by atoms with van der Waals surface area (Å²) in [7, 11) is 2.87. The Labute approximate surface area is 200 Å². The molecule has 4 aromatic rings. The van der Waals surface area contributed by atoms with Crippen molar-refractivity contribution in [2.24, 2.45) is 0 Å². The third kappa shape index (κ3) is 3.81. The van der Waals surface area contributed by atoms with E-state index in [0.29, 0.717) is 17.0 Å². The molecule has 5 rings (SSSR count). The number of ether oxygens (including phenoxy) is 3. The van der Waals surface area contributed by atoms with Crippen LogP contribution in [0.15, 0.2) is 67.0 Å². The molecule has 11 heteroatoms. The molecule has 0 bridgehead atoms. The highest BCUT2D eigenvalue weighted by Crippen LogP contribution is 2.40. The Morgan fingerprint density at radius 2 is 1.74 bits per heavy atom. The van der Waals surface area contributed by atoms with Gasteiger partial charge in [-0.2, -0.15) is 9.97 Å². The fourth-order valence-corrected chi connectivity index (χ4v) is 4.33. The predicted octanol–water partition coefficient (Wildman–Crippen LogP) is 1.95. The molecule has 1 aliphatic heterocycles. The van der Waals surface area contributed by atoms with E-state index in [0.717, 1.165) is 5.69 Å². The van der Waals surface area contributed by atoms with Crippen LogP contribution in [0.3, 0.4) is 0 Å². The van der Waals surface area contributed by atoms with Gasteiger partial charge in [0, 0.05) is 5.56 Å². The Bertz CT molecular complexity index is 1340. The van der Waals surface area contributed by atoms with Crippen LogP contribution in [-0.4, -0.2) is 56.1 Å². The fraction of sp³-hybridized carbons (Fsp3) is 0.208. The molecule has 2 aromatic heterocycles. The average molecular weight is 474 g/mol. The summed E-state index contributed by atoms with van der Waals surface area (Å²) >= 11 is 0. The molecule has 2 N–H and O–H groups in total. The molecular formula is C24H22N6O5. The van der Waals surface area contributed by atoms with Crippen molar-refractivity contribution in [3.8, 4) is 23.5 Å². The molecule has 0 saturated heterocycles. The van der Waals surface area contributed by atoms with E-state index in [1.54, 1.807) is 6.33 Å². The van der Waals surface area contributed by atoms with Gasteiger partial charge in [0.25, 0.3) is 0 Å². The summed E-state index contributed by atoms with van der Waals surface area (Å²) in [6, 6.07) is 18.0. The van der Waals surface area contributed by atoms with Crippen LogP contribution in [0.2, 0.25) is 0 Å². The zero-order valence-electron chi connectivity index (χ0n) is 19.0. The van der Waals surface area contributed by atoms with Crippen molar-refractivity contribution in [3.63, 3.8) is 0 Å². The Morgan fingerprint density at radius 3 is 2.43 bits per heavy atom. The molecular weight excluding hydrogens is 452 g/mol. The minimum Gasteiger partial charge on any atom is -0.481 e. The standard InChI is InChI=1S/C24H22N6O5/c1-33-19-12-20(34-2)28-23(27-19)35-21(22(31)32)24(15-8-4-3-5-9-15)16-10-6-7-11-17(16)30-14-26-29-18(30)13-25-24/h3-12,14,21,25H,13H2,1-2H3,(H,31,32). The van der Waals surface area contributed by atoms with Crippen LogP contribution in [0.1, 0.15) is 17.0 Å². The number of aliphatic carboxylic acids is 1. The van der Waals surface area contributed by atoms with E-state index in [-0.39, 0.29) is 24.3 Å². The molecule has 0 aliphatic carbocycles. The van der Waals surface area contributed by atoms with E-state index >= 15 is 0 Å². The Kier molecular flexibility index (Phi) is 5.75. The molecule has 0 amide bonds. The van der Waals surface area contributed by atoms with Crippen LogP contribution in [0.5, 0.6) is 17.8 Å². The van der Waals surface area contributed by atoms with Crippen molar-refractivity contribution < 1.29 is 24.1 Å². The number of nitrogens with one attached hydrogen (secondary N) is 1. The number of aromatic nitrogens is 5. The summed E-state index contributed by atoms with van der Waals surface area (Å²) < 4.78 is 18.3. The van der Waals surface area contributed by atoms with Gasteiger partial charge >= 0.3 is 12.0 Å². The van der Waals surface area contributed by atoms with Crippen molar-refractivity contribution in [1.29, 1.82) is 0 Å². The first-order valence-corrected chi connectivity index (χ1v) is 10.7. The number of carboxylic acids is 1. The number of rotatable bonds is 7. The molecule has 0 fully saturated rings. The quantitative estimate of drug-likeness (QED) is 0.409. The number of hydrogen-bond donors (Lipinski definition) is 2. The number of hydrogen-bond acceptors (Lipinski definition) is 9. The first-order chi connectivity index (χ1) is 17.1. The number of para-hydroxylation sites is 1. The molecule has 0 spiro atoms. The van der Waals surface area contributed by atoms with Gasteiger partial charge in [-0.25, -0.2) is 4.79 Å². The van der Waals surface area contributed by atoms with E-state index in [2.05, 4.69) is 25.5 Å². The van der Waals surface area contributed by atoms with Gasteiger partial charge in [-0.1, -0.05) is 48.5 Å². The number of benzene rings is 2. The normalized spacial score (nSPS) is 17.4. The largest absolute Gasteiger partial charge is 0.481 e. The van der Waals surface area contributed by atoms with E-state index in [4.69, 9.17) is 14.2 Å². The van der Waals surface area contributed by atoms with E-state index < -0.39 is 17.6 Å². The number of fused-ring (bicyclic) bond motifs is 3. The molecule has 1 aliphatic rings. The zero-order valence-corrected chi connectivity index (χ0v) is 19.0. The van der Waals surface area contributed by atoms with Crippen molar-refractivity contribution >= 4 is 5.97 Å². The minimum atomic E-state index is -1.50. The molecule has 2 unspecified atom stereocenters. The van der Waals surface area contributed by atoms with E-state index in [9.17, 15) is 9.90 Å². The van der Waals surface area contributed by atoms with E-state index in [1.165, 1.54) is 20.3 Å². The maximum Gasteiger partial charge on any atom is 0.347 e. The number of carbonyl (C=O) groups is 1. The summed E-state index contributed by atoms with van der Waals surface area (Å²) in [5.41, 5.74) is 0.699. The van der Waals surface area contributed by atoms with Gasteiger partial charge in [-0.05, 0) is 11.6 Å². The Morgan fingerprint density at radius 1 is 1.06 bits per heavy atom. The molecule has 11 nitrogen and oxygen atoms in total. The highest BCUT2D eigenvalue weighted by atomic mass is 16.5. The summed E-state index contributed by atoms with van der Waals surface area (Å²) in [5.74, 6) is -0.256. The average Bonchev–Trinajstić information content (AvgIpc) is 3.32. The lowest BCUT2D eigenvalue weighted by Gasteiger charge is -2.39. The lowest BCUT2D eigenvalue weighted by molar-refractivity contribution is -0.149. The molecule has 35 heavy (non-hydrogen) atoms. The van der Waals surface area contributed by atoms with Crippen molar-refractivity contribution in [1.82, 2.24) is 30.0 Å². The third-order valence-electron chi connectivity index (χ3n) is 5.88. The molecule has 178 valence electrons. The molecule has 2 aromatic carbocycles. The van der Waals surface area contributed by atoms with Gasteiger partial charge in [-0.3, -0.25) is 9.88 Å². The topological polar surface area (TPSA) is 134 Å². The fourth-order valence-electron chi connectivity index (χ4n) is 4.33. The van der Waals surface area contributed by atoms with Gasteiger partial charge < -0.3 is 19.3 Å². The second-order valence-electron chi connectivity index (χ2n) is 7.73. The monoisotopic (exact) mass is 474 g/mol. The second kappa shape index (κ2) is 9.03. The number of nitrogens with zero attached hydrogens (tertiary/aromatic N) is 5. The molecule has 0 radical (unpaired) electrons. The summed E-state index contributed by atoms with van der Waals surface area (Å²) in [4.78, 5) is 21.3. The predicted molar refractivity (Wildman–Crippen MR) is 123 cm³/mol. The minimum absolute atomic E-state index is 0.171. The van der Waals surface area contributed by atoms with Gasteiger partial charge in [0.05, 0.1) is 32.5 Å². The van der Waals surface area contributed by atoms with Crippen LogP contribution in [-0.2, 0) is 16.9 Å². The smallest absolute Gasteiger partial charge is 0.347 e. The SMILES string of the molecule is COc1cc(OC)nc(OC(C(=O)O)C2(c3ccccc3)NCc3nncn3-c3ccccc32)n1. The van der Waals surface area contributed by atoms with Crippen molar-refractivity contribution in [2.45, 2.75) is 18.2 Å². The van der Waals surface area contributed by atoms with Crippen LogP contribution in [0.25, 0.3) is 5.69 Å². The number of methoxy groups -OCH3 is 2. The molecule has 2 atom stereocenters. The lowest BCUT2D eigenvalue weighted by atomic mass is 9.77. The van der Waals surface area contributed by atoms with Gasteiger partial charge in [0.2, 0.25) is 17.9 Å². The lowest BCUT2D eigenvalue weighted by Crippen LogP contribution is -2.57. The van der Waals surface area contributed by atoms with Gasteiger partial charge in [-0.15, -0.1) is 10.2 Å². The highest BCUT2D eigenvalue weighted by molar-refractivity contribution is 5.77. The Hall–Kier alpha value is -4.51. The molecule has 3 heterocycles. The zero-order chi connectivity index (χ0) is 24.4. The van der Waals surface area contributed by atoms with Crippen molar-refractivity contribution in [2.75, 3.05) is 14.2 Å². The summed E-state index contributed by atoms with van der Waals surface area (Å²) in [6.45, 7) is 0.221. The number of carboxylic acid groups (broad SMARTS) is 1. The van der Waals surface area contributed by atoms with Gasteiger partial charge in [0.1, 0.15) is 11.9 Å². The first kappa shape index (κ1) is 22.3. The van der Waals surface area contributed by atoms with Gasteiger partial charge in [0.15, 0.2) is 5.82 Å². The summed E-state index contributed by atoms with van der Waals surface area (Å²) in [6.07, 6.45) is 0.101. The van der Waals surface area contributed by atoms with Crippen LogP contribution >= 0.6 is 0 Å². The van der Waals surface area contributed by atoms with Crippen molar-refractivity contribution in [3.05, 3.63) is 83.9 Å². The highest BCUT2D eigenvalue weighted by Gasteiger charge is 2.51. The Balaban J connectivity index is 1.74. The summed E-state index contributed by atoms with van der Waals surface area (Å²) in [5, 5.41) is 22.2. The maximum absolute atomic E-state index is 12.9. The molecule has 0 saturated carbocycles. The second-order valence-corrected chi connectivity index (χ2v) is 7.73. The first-order valence-electron chi connectivity index (χ1n) is 10.7. The van der Waals surface area contributed by atoms with Crippen LogP contribution < -0.4 is 19.5 Å². The van der Waals surface area contributed by atoms with Crippen LogP contribution in [0, 0.1) is 0 Å². The maximum atomic E-state index is 12.9.